The molecule has 0 unspecified atom stereocenters. The summed E-state index contributed by atoms with van der Waals surface area (Å²) in [5.74, 6) is -1.75. The van der Waals surface area contributed by atoms with Gasteiger partial charge in [-0.1, -0.05) is 37.3 Å². The number of nitrogens with one attached hydrogen (secondary N) is 2. The molecule has 0 amide bonds. The molecule has 11 heteroatoms. The summed E-state index contributed by atoms with van der Waals surface area (Å²) in [6.45, 7) is 9.33. The standard InChI is InChI=1S/C31H36F2N6O3/c1-20(14-27(40)42-31(2,3)4)26(15-21-8-6-5-7-9-21)37-29-24(32)16-22(18-34)28(38-29)36-23-17-25(33)30(35-19-23)39-10-12-41-13-11-39/h5-9,16-17,19-20,26H,10-15H2,1-4H3,(H2,36,37,38)/t20-,26-/m1/s1. The Labute approximate surface area is 244 Å². The second kappa shape index (κ2) is 13.6. The van der Waals surface area contributed by atoms with Crippen molar-refractivity contribution in [1.29, 1.82) is 5.26 Å². The summed E-state index contributed by atoms with van der Waals surface area (Å²) >= 11 is 0. The minimum absolute atomic E-state index is 0.0416. The van der Waals surface area contributed by atoms with Gasteiger partial charge in [-0.05, 0) is 44.7 Å². The van der Waals surface area contributed by atoms with Crippen molar-refractivity contribution in [3.63, 3.8) is 0 Å². The summed E-state index contributed by atoms with van der Waals surface area (Å²) < 4.78 is 41.0. The summed E-state index contributed by atoms with van der Waals surface area (Å²) in [5.41, 5.74) is 0.553. The maximum Gasteiger partial charge on any atom is 0.306 e. The van der Waals surface area contributed by atoms with Crippen molar-refractivity contribution in [3.8, 4) is 6.07 Å². The molecule has 2 aromatic heterocycles. The number of benzene rings is 1. The van der Waals surface area contributed by atoms with E-state index in [1.807, 2.05) is 43.3 Å². The van der Waals surface area contributed by atoms with Crippen molar-refractivity contribution in [2.45, 2.75) is 52.2 Å². The molecule has 3 heterocycles. The van der Waals surface area contributed by atoms with Crippen molar-refractivity contribution in [1.82, 2.24) is 9.97 Å². The molecule has 222 valence electrons. The van der Waals surface area contributed by atoms with Gasteiger partial charge >= 0.3 is 5.97 Å². The van der Waals surface area contributed by atoms with Gasteiger partial charge in [0.25, 0.3) is 0 Å². The number of nitrogens with zero attached hydrogens (tertiary/aromatic N) is 4. The van der Waals surface area contributed by atoms with Gasteiger partial charge in [0.2, 0.25) is 0 Å². The minimum atomic E-state index is -0.730. The zero-order chi connectivity index (χ0) is 30.3. The fourth-order valence-corrected chi connectivity index (χ4v) is 4.64. The molecule has 0 bridgehead atoms. The Kier molecular flexibility index (Phi) is 9.91. The Hall–Kier alpha value is -4.30. The van der Waals surface area contributed by atoms with Crippen molar-refractivity contribution in [3.05, 3.63) is 71.4 Å². The summed E-state index contributed by atoms with van der Waals surface area (Å²) in [5, 5.41) is 15.7. The number of pyridine rings is 2. The van der Waals surface area contributed by atoms with E-state index < -0.39 is 23.3 Å². The van der Waals surface area contributed by atoms with Crippen molar-refractivity contribution < 1.29 is 23.0 Å². The highest BCUT2D eigenvalue weighted by Crippen LogP contribution is 2.28. The maximum atomic E-state index is 15.2. The van der Waals surface area contributed by atoms with Crippen molar-refractivity contribution in [2.75, 3.05) is 41.8 Å². The number of hydrogen-bond acceptors (Lipinski definition) is 9. The summed E-state index contributed by atoms with van der Waals surface area (Å²) in [4.78, 5) is 23.0. The van der Waals surface area contributed by atoms with E-state index in [9.17, 15) is 14.4 Å². The topological polar surface area (TPSA) is 112 Å². The normalized spacial score (nSPS) is 14.9. The van der Waals surface area contributed by atoms with Crippen LogP contribution < -0.4 is 15.5 Å². The van der Waals surface area contributed by atoms with Crippen LogP contribution in [0.2, 0.25) is 0 Å². The van der Waals surface area contributed by atoms with E-state index in [2.05, 4.69) is 20.6 Å². The minimum Gasteiger partial charge on any atom is -0.460 e. The number of esters is 1. The lowest BCUT2D eigenvalue weighted by molar-refractivity contribution is -0.155. The maximum absolute atomic E-state index is 15.2. The van der Waals surface area contributed by atoms with Gasteiger partial charge in [-0.15, -0.1) is 0 Å². The number of halogens is 2. The van der Waals surface area contributed by atoms with Crippen molar-refractivity contribution in [2.24, 2.45) is 5.92 Å². The fraction of sp³-hybridized carbons (Fsp3) is 0.419. The molecule has 1 aliphatic rings. The summed E-state index contributed by atoms with van der Waals surface area (Å²) in [6, 6.07) is 13.5. The molecule has 1 aromatic carbocycles. The van der Waals surface area contributed by atoms with Gasteiger partial charge in [0, 0.05) is 25.2 Å². The van der Waals surface area contributed by atoms with Crippen LogP contribution in [-0.4, -0.2) is 53.9 Å². The molecule has 0 aliphatic carbocycles. The number of hydrogen-bond donors (Lipinski definition) is 2. The average Bonchev–Trinajstić information content (AvgIpc) is 2.94. The first-order valence-electron chi connectivity index (χ1n) is 13.9. The molecular weight excluding hydrogens is 542 g/mol. The monoisotopic (exact) mass is 578 g/mol. The molecule has 2 N–H and O–H groups in total. The number of anilines is 4. The van der Waals surface area contributed by atoms with Crippen LogP contribution in [0.5, 0.6) is 0 Å². The lowest BCUT2D eigenvalue weighted by Gasteiger charge is -2.28. The lowest BCUT2D eigenvalue weighted by Crippen LogP contribution is -2.37. The molecule has 1 saturated heterocycles. The molecule has 4 rings (SSSR count). The third kappa shape index (κ3) is 8.36. The van der Waals surface area contributed by atoms with Crippen LogP contribution in [0, 0.1) is 28.9 Å². The number of aromatic nitrogens is 2. The van der Waals surface area contributed by atoms with Crippen LogP contribution in [0.3, 0.4) is 0 Å². The summed E-state index contributed by atoms with van der Waals surface area (Å²) in [7, 11) is 0. The Morgan fingerprint density at radius 1 is 1.14 bits per heavy atom. The van der Waals surface area contributed by atoms with Crippen LogP contribution in [0.25, 0.3) is 0 Å². The highest BCUT2D eigenvalue weighted by atomic mass is 19.1. The third-order valence-corrected chi connectivity index (χ3v) is 6.71. The highest BCUT2D eigenvalue weighted by molar-refractivity contribution is 5.70. The van der Waals surface area contributed by atoms with E-state index in [1.165, 1.54) is 12.3 Å². The zero-order valence-electron chi connectivity index (χ0n) is 24.3. The lowest BCUT2D eigenvalue weighted by atomic mass is 9.92. The molecule has 42 heavy (non-hydrogen) atoms. The van der Waals surface area contributed by atoms with Gasteiger partial charge in [-0.3, -0.25) is 4.79 Å². The first kappa shape index (κ1) is 30.7. The highest BCUT2D eigenvalue weighted by Gasteiger charge is 2.26. The molecule has 2 atom stereocenters. The number of rotatable bonds is 10. The third-order valence-electron chi connectivity index (χ3n) is 6.71. The number of nitriles is 1. The molecule has 1 aliphatic heterocycles. The SMILES string of the molecule is C[C@H](CC(=O)OC(C)(C)C)[C@@H](Cc1ccccc1)Nc1nc(Nc2cnc(N3CCOCC3)c(F)c2)c(C#N)cc1F. The van der Waals surface area contributed by atoms with Gasteiger partial charge in [0.05, 0.1) is 37.1 Å². The number of morpholine rings is 1. The van der Waals surface area contributed by atoms with Crippen LogP contribution in [0.1, 0.15) is 45.2 Å². The second-order valence-corrected chi connectivity index (χ2v) is 11.3. The van der Waals surface area contributed by atoms with Crippen LogP contribution >= 0.6 is 0 Å². The van der Waals surface area contributed by atoms with Crippen LogP contribution in [0.15, 0.2) is 48.7 Å². The molecular formula is C31H36F2N6O3. The van der Waals surface area contributed by atoms with E-state index in [0.717, 1.165) is 11.6 Å². The number of carbonyl (C=O) groups is 1. The Morgan fingerprint density at radius 2 is 1.86 bits per heavy atom. The molecule has 3 aromatic rings. The Balaban J connectivity index is 1.58. The molecule has 0 saturated carbocycles. The predicted molar refractivity (Wildman–Crippen MR) is 157 cm³/mol. The van der Waals surface area contributed by atoms with Crippen LogP contribution in [0.4, 0.5) is 31.9 Å². The molecule has 9 nitrogen and oxygen atoms in total. The average molecular weight is 579 g/mol. The molecule has 0 spiro atoms. The second-order valence-electron chi connectivity index (χ2n) is 11.3. The van der Waals surface area contributed by atoms with Crippen LogP contribution in [-0.2, 0) is 20.7 Å². The van der Waals surface area contributed by atoms with E-state index in [4.69, 9.17) is 9.47 Å². The quantitative estimate of drug-likeness (QED) is 0.297. The van der Waals surface area contributed by atoms with Gasteiger partial charge in [-0.2, -0.15) is 5.26 Å². The van der Waals surface area contributed by atoms with Gasteiger partial charge < -0.3 is 25.0 Å². The van der Waals surface area contributed by atoms with E-state index in [-0.39, 0.29) is 47.0 Å². The van der Waals surface area contributed by atoms with Gasteiger partial charge in [-0.25, -0.2) is 18.7 Å². The zero-order valence-corrected chi connectivity index (χ0v) is 24.3. The summed E-state index contributed by atoms with van der Waals surface area (Å²) in [6.07, 6.45) is 2.02. The van der Waals surface area contributed by atoms with E-state index in [0.29, 0.717) is 32.7 Å². The Bertz CT molecular complexity index is 1420. The Morgan fingerprint density at radius 3 is 2.50 bits per heavy atom. The smallest absolute Gasteiger partial charge is 0.306 e. The largest absolute Gasteiger partial charge is 0.460 e. The van der Waals surface area contributed by atoms with E-state index >= 15 is 4.39 Å². The van der Waals surface area contributed by atoms with Crippen molar-refractivity contribution >= 4 is 29.1 Å². The fourth-order valence-electron chi connectivity index (χ4n) is 4.64. The van der Waals surface area contributed by atoms with Gasteiger partial charge in [0.15, 0.2) is 29.1 Å². The van der Waals surface area contributed by atoms with Gasteiger partial charge in [0.1, 0.15) is 11.7 Å². The predicted octanol–water partition coefficient (Wildman–Crippen LogP) is 5.60. The number of carbonyl (C=O) groups excluding carboxylic acids is 1. The first-order valence-corrected chi connectivity index (χ1v) is 13.9. The van der Waals surface area contributed by atoms with E-state index in [1.54, 1.807) is 25.7 Å². The first-order chi connectivity index (χ1) is 20.0. The number of ether oxygens (including phenoxy) is 2. The molecule has 1 fully saturated rings. The molecule has 0 radical (unpaired) electrons.